The van der Waals surface area contributed by atoms with Gasteiger partial charge in [-0.25, -0.2) is 0 Å². The van der Waals surface area contributed by atoms with Crippen LogP contribution in [0.25, 0.3) is 0 Å². The van der Waals surface area contributed by atoms with Crippen LogP contribution in [0.4, 0.5) is 17.1 Å². The second-order valence-electron chi connectivity index (χ2n) is 7.28. The fourth-order valence-electron chi connectivity index (χ4n) is 3.87. The van der Waals surface area contributed by atoms with E-state index in [1.807, 2.05) is 6.07 Å². The maximum atomic E-state index is 12.4. The summed E-state index contributed by atoms with van der Waals surface area (Å²) in [7, 11) is 0. The van der Waals surface area contributed by atoms with Gasteiger partial charge in [0.05, 0.1) is 17.4 Å². The molecular formula is C21H26N4O. The Morgan fingerprint density at radius 2 is 1.69 bits per heavy atom. The summed E-state index contributed by atoms with van der Waals surface area (Å²) >= 11 is 0. The van der Waals surface area contributed by atoms with Crippen molar-refractivity contribution in [3.05, 3.63) is 48.3 Å². The predicted octanol–water partition coefficient (Wildman–Crippen LogP) is 4.10. The van der Waals surface area contributed by atoms with E-state index in [4.69, 9.17) is 0 Å². The highest BCUT2D eigenvalue weighted by Crippen LogP contribution is 2.24. The van der Waals surface area contributed by atoms with Gasteiger partial charge in [0.15, 0.2) is 0 Å². The first-order chi connectivity index (χ1) is 12.8. The maximum Gasteiger partial charge on any atom is 0.253 e. The molecule has 26 heavy (non-hydrogen) atoms. The predicted molar refractivity (Wildman–Crippen MR) is 105 cm³/mol. The van der Waals surface area contributed by atoms with Crippen molar-refractivity contribution in [3.8, 4) is 0 Å². The fraction of sp³-hybridized carbons (Fsp3) is 0.429. The highest BCUT2D eigenvalue weighted by Gasteiger charge is 2.18. The quantitative estimate of drug-likeness (QED) is 0.852. The molecule has 2 aromatic rings. The largest absolute Gasteiger partial charge is 0.372 e. The molecule has 2 aliphatic rings. The summed E-state index contributed by atoms with van der Waals surface area (Å²) in [5, 5.41) is 6.46. The average molecular weight is 350 g/mol. The molecule has 1 aliphatic heterocycles. The van der Waals surface area contributed by atoms with Crippen molar-refractivity contribution in [3.63, 3.8) is 0 Å². The van der Waals surface area contributed by atoms with Gasteiger partial charge in [0.1, 0.15) is 0 Å². The number of carbonyl (C=O) groups is 1. The van der Waals surface area contributed by atoms with Crippen LogP contribution in [-0.2, 0) is 0 Å². The van der Waals surface area contributed by atoms with Crippen molar-refractivity contribution in [2.75, 3.05) is 23.3 Å². The standard InChI is InChI=1S/C21H26N4O/c26-21(24-17-5-1-2-6-17)16-13-19(15-22-14-16)23-18-7-9-20(10-8-18)25-11-3-4-12-25/h7-10,13-15,17,23H,1-6,11-12H2,(H,24,26). The zero-order valence-electron chi connectivity index (χ0n) is 15.1. The third-order valence-electron chi connectivity index (χ3n) is 5.32. The van der Waals surface area contributed by atoms with Gasteiger partial charge in [-0.15, -0.1) is 0 Å². The number of rotatable bonds is 5. The molecule has 1 saturated heterocycles. The topological polar surface area (TPSA) is 57.3 Å². The van der Waals surface area contributed by atoms with Gasteiger partial charge in [0, 0.05) is 36.7 Å². The SMILES string of the molecule is O=C(NC1CCCC1)c1cncc(Nc2ccc(N3CCCC3)cc2)c1. The number of pyridine rings is 1. The Labute approximate surface area is 154 Å². The van der Waals surface area contributed by atoms with E-state index in [-0.39, 0.29) is 5.91 Å². The van der Waals surface area contributed by atoms with E-state index < -0.39 is 0 Å². The molecule has 136 valence electrons. The first-order valence-corrected chi connectivity index (χ1v) is 9.66. The Bertz CT molecular complexity index is 747. The molecule has 2 fully saturated rings. The summed E-state index contributed by atoms with van der Waals surface area (Å²) in [5.74, 6) is -0.0302. The summed E-state index contributed by atoms with van der Waals surface area (Å²) in [6.45, 7) is 2.30. The van der Waals surface area contributed by atoms with E-state index in [2.05, 4.69) is 44.8 Å². The molecule has 0 unspecified atom stereocenters. The van der Waals surface area contributed by atoms with Crippen LogP contribution >= 0.6 is 0 Å². The molecule has 0 spiro atoms. The van der Waals surface area contributed by atoms with Gasteiger partial charge in [-0.2, -0.15) is 0 Å². The molecule has 1 aromatic heterocycles. The normalized spacial score (nSPS) is 17.5. The van der Waals surface area contributed by atoms with Crippen molar-refractivity contribution >= 4 is 23.0 Å². The fourth-order valence-corrected chi connectivity index (χ4v) is 3.87. The molecule has 1 amide bonds. The lowest BCUT2D eigenvalue weighted by molar-refractivity contribution is 0.0937. The van der Waals surface area contributed by atoms with E-state index in [1.165, 1.54) is 31.4 Å². The Hall–Kier alpha value is -2.56. The number of hydrogen-bond donors (Lipinski definition) is 2. The van der Waals surface area contributed by atoms with Crippen LogP contribution in [-0.4, -0.2) is 30.0 Å². The van der Waals surface area contributed by atoms with Gasteiger partial charge in [-0.1, -0.05) is 12.8 Å². The Morgan fingerprint density at radius 1 is 0.962 bits per heavy atom. The van der Waals surface area contributed by atoms with E-state index >= 15 is 0 Å². The number of nitrogens with one attached hydrogen (secondary N) is 2. The lowest BCUT2D eigenvalue weighted by Gasteiger charge is -2.18. The lowest BCUT2D eigenvalue weighted by atomic mass is 10.2. The maximum absolute atomic E-state index is 12.4. The molecule has 0 bridgehead atoms. The van der Waals surface area contributed by atoms with Crippen LogP contribution in [0.5, 0.6) is 0 Å². The number of hydrogen-bond acceptors (Lipinski definition) is 4. The minimum atomic E-state index is -0.0302. The van der Waals surface area contributed by atoms with E-state index in [0.717, 1.165) is 37.3 Å². The van der Waals surface area contributed by atoms with Crippen LogP contribution in [0.2, 0.25) is 0 Å². The number of carbonyl (C=O) groups excluding carboxylic acids is 1. The molecule has 1 aliphatic carbocycles. The number of nitrogens with zero attached hydrogens (tertiary/aromatic N) is 2. The molecule has 4 rings (SSSR count). The van der Waals surface area contributed by atoms with E-state index in [0.29, 0.717) is 11.6 Å². The summed E-state index contributed by atoms with van der Waals surface area (Å²) in [4.78, 5) is 19.1. The zero-order chi connectivity index (χ0) is 17.8. The molecular weight excluding hydrogens is 324 g/mol. The number of anilines is 3. The molecule has 5 nitrogen and oxygen atoms in total. The molecule has 5 heteroatoms. The third kappa shape index (κ3) is 3.98. The minimum Gasteiger partial charge on any atom is -0.372 e. The van der Waals surface area contributed by atoms with Crippen molar-refractivity contribution in [2.24, 2.45) is 0 Å². The van der Waals surface area contributed by atoms with Crippen LogP contribution < -0.4 is 15.5 Å². The summed E-state index contributed by atoms with van der Waals surface area (Å²) in [6, 6.07) is 10.6. The van der Waals surface area contributed by atoms with E-state index in [9.17, 15) is 4.79 Å². The second-order valence-corrected chi connectivity index (χ2v) is 7.28. The molecule has 0 radical (unpaired) electrons. The molecule has 0 atom stereocenters. The van der Waals surface area contributed by atoms with Crippen molar-refractivity contribution < 1.29 is 4.79 Å². The lowest BCUT2D eigenvalue weighted by Crippen LogP contribution is -2.32. The van der Waals surface area contributed by atoms with Gasteiger partial charge in [-0.3, -0.25) is 9.78 Å². The summed E-state index contributed by atoms with van der Waals surface area (Å²) in [5.41, 5.74) is 3.72. The summed E-state index contributed by atoms with van der Waals surface area (Å²) < 4.78 is 0. The number of amides is 1. The monoisotopic (exact) mass is 350 g/mol. The van der Waals surface area contributed by atoms with Crippen molar-refractivity contribution in [2.45, 2.75) is 44.6 Å². The van der Waals surface area contributed by atoms with Gasteiger partial charge in [0.2, 0.25) is 0 Å². The number of aromatic nitrogens is 1. The van der Waals surface area contributed by atoms with Gasteiger partial charge >= 0.3 is 0 Å². The van der Waals surface area contributed by atoms with Gasteiger partial charge in [-0.05, 0) is 56.0 Å². The smallest absolute Gasteiger partial charge is 0.253 e. The van der Waals surface area contributed by atoms with Crippen LogP contribution in [0.1, 0.15) is 48.9 Å². The Morgan fingerprint density at radius 3 is 2.42 bits per heavy atom. The Kier molecular flexibility index (Phi) is 5.04. The van der Waals surface area contributed by atoms with Crippen LogP contribution in [0, 0.1) is 0 Å². The molecule has 1 saturated carbocycles. The van der Waals surface area contributed by atoms with Gasteiger partial charge in [0.25, 0.3) is 5.91 Å². The van der Waals surface area contributed by atoms with Crippen molar-refractivity contribution in [1.82, 2.24) is 10.3 Å². The second kappa shape index (κ2) is 7.77. The molecule has 1 aromatic carbocycles. The zero-order valence-corrected chi connectivity index (χ0v) is 15.1. The Balaban J connectivity index is 1.40. The van der Waals surface area contributed by atoms with Gasteiger partial charge < -0.3 is 15.5 Å². The summed E-state index contributed by atoms with van der Waals surface area (Å²) in [6.07, 6.45) is 10.5. The highest BCUT2D eigenvalue weighted by molar-refractivity contribution is 5.95. The molecule has 2 heterocycles. The highest BCUT2D eigenvalue weighted by atomic mass is 16.1. The minimum absolute atomic E-state index is 0.0302. The van der Waals surface area contributed by atoms with Crippen LogP contribution in [0.15, 0.2) is 42.7 Å². The first kappa shape index (κ1) is 16.9. The van der Waals surface area contributed by atoms with Crippen molar-refractivity contribution in [1.29, 1.82) is 0 Å². The third-order valence-corrected chi connectivity index (χ3v) is 5.32. The average Bonchev–Trinajstić information content (AvgIpc) is 3.36. The number of benzene rings is 1. The van der Waals surface area contributed by atoms with E-state index in [1.54, 1.807) is 12.4 Å². The first-order valence-electron chi connectivity index (χ1n) is 9.66. The molecule has 2 N–H and O–H groups in total. The van der Waals surface area contributed by atoms with Crippen LogP contribution in [0.3, 0.4) is 0 Å².